The molecular weight excluding hydrogens is 428 g/mol. The van der Waals surface area contributed by atoms with E-state index < -0.39 is 0 Å². The number of aromatic nitrogens is 3. The first-order valence-electron chi connectivity index (χ1n) is 11.6. The van der Waals surface area contributed by atoms with E-state index in [-0.39, 0.29) is 5.91 Å². The Morgan fingerprint density at radius 2 is 1.85 bits per heavy atom. The molecule has 3 heterocycles. The summed E-state index contributed by atoms with van der Waals surface area (Å²) in [6, 6.07) is 9.87. The number of nitrogens with two attached hydrogens (primary N) is 1. The van der Waals surface area contributed by atoms with Gasteiger partial charge in [-0.2, -0.15) is 0 Å². The summed E-state index contributed by atoms with van der Waals surface area (Å²) in [6.45, 7) is 3.54. The molecule has 1 fully saturated rings. The van der Waals surface area contributed by atoms with Gasteiger partial charge in [-0.05, 0) is 57.6 Å². The number of pyridine rings is 1. The molecule has 3 aromatic rings. The first kappa shape index (κ1) is 23.6. The minimum Gasteiger partial charge on any atom is -0.496 e. The maximum atomic E-state index is 13.3. The Bertz CT molecular complexity index is 1150. The lowest BCUT2D eigenvalue weighted by atomic mass is 9.96. The molecule has 8 heteroatoms. The molecule has 0 unspecified atom stereocenters. The zero-order valence-corrected chi connectivity index (χ0v) is 20.3. The number of carbonyl (C=O) groups is 1. The predicted octanol–water partition coefficient (Wildman–Crippen LogP) is 3.53. The molecule has 1 aliphatic rings. The number of aryl methyl sites for hydroxylation is 1. The number of piperidine rings is 1. The zero-order valence-electron chi connectivity index (χ0n) is 20.3. The number of amides is 1. The molecule has 0 atom stereocenters. The Morgan fingerprint density at radius 3 is 2.47 bits per heavy atom. The SMILES string of the molecule is CCc1ncnc(-c2ccc(C(=O)N3CCC(N(C)C)CC3)c(OC)c2)c1-c1ccc(N)nc1. The van der Waals surface area contributed by atoms with Gasteiger partial charge in [0.05, 0.1) is 24.1 Å². The molecule has 2 N–H and O–H groups in total. The van der Waals surface area contributed by atoms with E-state index in [2.05, 4.69) is 40.9 Å². The molecule has 34 heavy (non-hydrogen) atoms. The standard InChI is InChI=1S/C26H32N6O2/c1-5-21-24(18-7-9-23(27)28-15-18)25(30-16-29-21)17-6-8-20(22(14-17)34-4)26(33)32-12-10-19(11-13-32)31(2)3/h6-9,14-16,19H,5,10-13H2,1-4H3,(H2,27,28). The number of carbonyl (C=O) groups excluding carboxylic acids is 1. The summed E-state index contributed by atoms with van der Waals surface area (Å²) in [4.78, 5) is 30.8. The van der Waals surface area contributed by atoms with E-state index in [0.717, 1.165) is 60.4 Å². The van der Waals surface area contributed by atoms with Crippen LogP contribution in [0.15, 0.2) is 42.9 Å². The number of hydrogen-bond acceptors (Lipinski definition) is 7. The number of nitrogens with zero attached hydrogens (tertiary/aromatic N) is 5. The van der Waals surface area contributed by atoms with Crippen LogP contribution < -0.4 is 10.5 Å². The molecule has 0 saturated carbocycles. The van der Waals surface area contributed by atoms with E-state index in [9.17, 15) is 4.79 Å². The topological polar surface area (TPSA) is 97.5 Å². The molecule has 1 saturated heterocycles. The van der Waals surface area contributed by atoms with Gasteiger partial charge in [0.2, 0.25) is 0 Å². The van der Waals surface area contributed by atoms with Gasteiger partial charge in [-0.25, -0.2) is 15.0 Å². The molecule has 0 aliphatic carbocycles. The normalized spacial score (nSPS) is 14.4. The molecule has 0 spiro atoms. The quantitative estimate of drug-likeness (QED) is 0.601. The fourth-order valence-electron chi connectivity index (χ4n) is 4.54. The second-order valence-corrected chi connectivity index (χ2v) is 8.77. The van der Waals surface area contributed by atoms with Crippen LogP contribution in [0.5, 0.6) is 5.75 Å². The average molecular weight is 461 g/mol. The molecule has 0 radical (unpaired) electrons. The van der Waals surface area contributed by atoms with Crippen LogP contribution in [-0.2, 0) is 6.42 Å². The Hall–Kier alpha value is -3.52. The summed E-state index contributed by atoms with van der Waals surface area (Å²) in [5.41, 5.74) is 10.7. The monoisotopic (exact) mass is 460 g/mol. The van der Waals surface area contributed by atoms with Crippen molar-refractivity contribution in [1.82, 2.24) is 24.8 Å². The Morgan fingerprint density at radius 1 is 1.12 bits per heavy atom. The zero-order chi connectivity index (χ0) is 24.2. The fraction of sp³-hybridized carbons (Fsp3) is 0.385. The highest BCUT2D eigenvalue weighted by molar-refractivity contribution is 5.98. The van der Waals surface area contributed by atoms with E-state index in [0.29, 0.717) is 23.2 Å². The first-order chi connectivity index (χ1) is 16.4. The smallest absolute Gasteiger partial charge is 0.257 e. The Kier molecular flexibility index (Phi) is 7.07. The predicted molar refractivity (Wildman–Crippen MR) is 134 cm³/mol. The molecule has 2 aromatic heterocycles. The second-order valence-electron chi connectivity index (χ2n) is 8.77. The minimum absolute atomic E-state index is 0.000462. The highest BCUT2D eigenvalue weighted by Crippen LogP contribution is 2.35. The van der Waals surface area contributed by atoms with E-state index in [1.807, 2.05) is 29.2 Å². The lowest BCUT2D eigenvalue weighted by Crippen LogP contribution is -2.44. The van der Waals surface area contributed by atoms with E-state index >= 15 is 0 Å². The van der Waals surface area contributed by atoms with Gasteiger partial charge < -0.3 is 20.3 Å². The third-order valence-corrected chi connectivity index (χ3v) is 6.52. The van der Waals surface area contributed by atoms with Crippen molar-refractivity contribution in [2.75, 3.05) is 40.0 Å². The van der Waals surface area contributed by atoms with Gasteiger partial charge in [-0.1, -0.05) is 13.0 Å². The third kappa shape index (κ3) is 4.72. The first-order valence-corrected chi connectivity index (χ1v) is 11.6. The van der Waals surface area contributed by atoms with Gasteiger partial charge >= 0.3 is 0 Å². The summed E-state index contributed by atoms with van der Waals surface area (Å²) < 4.78 is 5.67. The van der Waals surface area contributed by atoms with Gasteiger partial charge in [-0.3, -0.25) is 4.79 Å². The van der Waals surface area contributed by atoms with E-state index in [1.54, 1.807) is 25.7 Å². The number of nitrogen functional groups attached to an aromatic ring is 1. The molecule has 1 aromatic carbocycles. The number of methoxy groups -OCH3 is 1. The van der Waals surface area contributed by atoms with Crippen molar-refractivity contribution in [3.05, 3.63) is 54.1 Å². The minimum atomic E-state index is 0.000462. The van der Waals surface area contributed by atoms with Crippen LogP contribution in [0.4, 0.5) is 5.82 Å². The van der Waals surface area contributed by atoms with Crippen molar-refractivity contribution in [3.8, 4) is 28.1 Å². The highest BCUT2D eigenvalue weighted by atomic mass is 16.5. The largest absolute Gasteiger partial charge is 0.496 e. The van der Waals surface area contributed by atoms with Crippen molar-refractivity contribution in [2.24, 2.45) is 0 Å². The number of benzene rings is 1. The molecule has 178 valence electrons. The van der Waals surface area contributed by atoms with Crippen LogP contribution in [-0.4, -0.2) is 71.0 Å². The van der Waals surface area contributed by atoms with Crippen LogP contribution in [0.25, 0.3) is 22.4 Å². The van der Waals surface area contributed by atoms with Crippen LogP contribution in [0.1, 0.15) is 35.8 Å². The van der Waals surface area contributed by atoms with Crippen LogP contribution in [0, 0.1) is 0 Å². The number of hydrogen-bond donors (Lipinski definition) is 1. The molecule has 1 aliphatic heterocycles. The van der Waals surface area contributed by atoms with Gasteiger partial charge in [0.15, 0.2) is 0 Å². The number of likely N-dealkylation sites (tertiary alicyclic amines) is 1. The van der Waals surface area contributed by atoms with Gasteiger partial charge in [-0.15, -0.1) is 0 Å². The van der Waals surface area contributed by atoms with Crippen molar-refractivity contribution in [1.29, 1.82) is 0 Å². The Labute approximate surface area is 200 Å². The molecule has 0 bridgehead atoms. The average Bonchev–Trinajstić information content (AvgIpc) is 2.88. The molecule has 8 nitrogen and oxygen atoms in total. The van der Waals surface area contributed by atoms with Crippen molar-refractivity contribution >= 4 is 11.7 Å². The summed E-state index contributed by atoms with van der Waals surface area (Å²) in [7, 11) is 5.78. The van der Waals surface area contributed by atoms with Gasteiger partial charge in [0.1, 0.15) is 17.9 Å². The summed E-state index contributed by atoms with van der Waals surface area (Å²) in [5.74, 6) is 0.995. The highest BCUT2D eigenvalue weighted by Gasteiger charge is 2.27. The maximum Gasteiger partial charge on any atom is 0.257 e. The van der Waals surface area contributed by atoms with Crippen molar-refractivity contribution in [3.63, 3.8) is 0 Å². The lowest BCUT2D eigenvalue weighted by Gasteiger charge is -2.35. The third-order valence-electron chi connectivity index (χ3n) is 6.52. The van der Waals surface area contributed by atoms with Gasteiger partial charge in [0.25, 0.3) is 5.91 Å². The van der Waals surface area contributed by atoms with E-state index in [1.165, 1.54) is 0 Å². The Balaban J connectivity index is 1.69. The number of anilines is 1. The number of ether oxygens (including phenoxy) is 1. The number of rotatable bonds is 6. The van der Waals surface area contributed by atoms with E-state index in [4.69, 9.17) is 10.5 Å². The van der Waals surface area contributed by atoms with Crippen LogP contribution >= 0.6 is 0 Å². The van der Waals surface area contributed by atoms with Crippen molar-refractivity contribution < 1.29 is 9.53 Å². The van der Waals surface area contributed by atoms with Crippen molar-refractivity contribution in [2.45, 2.75) is 32.2 Å². The van der Waals surface area contributed by atoms with Gasteiger partial charge in [0, 0.05) is 42.0 Å². The van der Waals surface area contributed by atoms with Crippen LogP contribution in [0.2, 0.25) is 0 Å². The lowest BCUT2D eigenvalue weighted by molar-refractivity contribution is 0.0660. The molecule has 4 rings (SSSR count). The molecular formula is C26H32N6O2. The fourth-order valence-corrected chi connectivity index (χ4v) is 4.54. The molecule has 1 amide bonds. The maximum absolute atomic E-state index is 13.3. The summed E-state index contributed by atoms with van der Waals surface area (Å²) >= 11 is 0. The summed E-state index contributed by atoms with van der Waals surface area (Å²) in [5, 5.41) is 0. The van der Waals surface area contributed by atoms with Crippen LogP contribution in [0.3, 0.4) is 0 Å². The second kappa shape index (κ2) is 10.2. The summed E-state index contributed by atoms with van der Waals surface area (Å²) in [6.07, 6.45) is 6.00.